The summed E-state index contributed by atoms with van der Waals surface area (Å²) in [7, 11) is -3.59. The second-order valence-corrected chi connectivity index (χ2v) is 6.85. The average Bonchev–Trinajstić information content (AvgIpc) is 2.96. The summed E-state index contributed by atoms with van der Waals surface area (Å²) in [6, 6.07) is 0. The smallest absolute Gasteiger partial charge is 0.280 e. The Balaban J connectivity index is 1.87. The van der Waals surface area contributed by atoms with Gasteiger partial charge in [0.1, 0.15) is 0 Å². The molecule has 0 radical (unpaired) electrons. The molecule has 0 aliphatic heterocycles. The maximum atomic E-state index is 12.0. The molecule has 2 N–H and O–H groups in total. The Bertz CT molecular complexity index is 622. The van der Waals surface area contributed by atoms with Crippen LogP contribution in [0.2, 0.25) is 0 Å². The van der Waals surface area contributed by atoms with Crippen LogP contribution in [0.15, 0.2) is 17.6 Å². The highest BCUT2D eigenvalue weighted by Gasteiger charge is 2.20. The van der Waals surface area contributed by atoms with Gasteiger partial charge < -0.3 is 4.98 Å². The number of hydrogen-bond acceptors (Lipinski definition) is 5. The summed E-state index contributed by atoms with van der Waals surface area (Å²) >= 11 is 1.42. The topological polar surface area (TPSA) is 87.7 Å². The van der Waals surface area contributed by atoms with Crippen molar-refractivity contribution in [1.29, 1.82) is 0 Å². The molecule has 6 nitrogen and oxygen atoms in total. The number of thiazole rings is 1. The van der Waals surface area contributed by atoms with Crippen LogP contribution in [0.5, 0.6) is 0 Å². The van der Waals surface area contributed by atoms with E-state index >= 15 is 0 Å². The van der Waals surface area contributed by atoms with E-state index in [9.17, 15) is 8.42 Å². The van der Waals surface area contributed by atoms with Crippen LogP contribution in [0.3, 0.4) is 0 Å². The first-order chi connectivity index (χ1) is 8.65. The molecule has 0 saturated carbocycles. The van der Waals surface area contributed by atoms with Crippen LogP contribution in [-0.2, 0) is 22.9 Å². The Kier molecular flexibility index (Phi) is 2.83. The average molecular weight is 284 g/mol. The second-order valence-electron chi connectivity index (χ2n) is 4.12. The van der Waals surface area contributed by atoms with Gasteiger partial charge in [0, 0.05) is 4.88 Å². The van der Waals surface area contributed by atoms with Crippen LogP contribution in [0.1, 0.15) is 23.4 Å². The van der Waals surface area contributed by atoms with Crippen molar-refractivity contribution >= 4 is 26.5 Å². The monoisotopic (exact) mass is 284 g/mol. The lowest BCUT2D eigenvalue weighted by Gasteiger charge is -2.06. The van der Waals surface area contributed by atoms with E-state index in [1.807, 2.05) is 0 Å². The molecule has 0 fully saturated rings. The molecule has 1 aliphatic carbocycles. The van der Waals surface area contributed by atoms with Gasteiger partial charge in [0.25, 0.3) is 10.0 Å². The maximum absolute atomic E-state index is 12.0. The van der Waals surface area contributed by atoms with E-state index in [2.05, 4.69) is 19.7 Å². The van der Waals surface area contributed by atoms with Crippen molar-refractivity contribution in [1.82, 2.24) is 15.0 Å². The number of imidazole rings is 1. The lowest BCUT2D eigenvalue weighted by atomic mass is 10.0. The molecule has 0 spiro atoms. The molecule has 2 heterocycles. The van der Waals surface area contributed by atoms with E-state index in [0.717, 1.165) is 31.4 Å². The molecular weight excluding hydrogens is 272 g/mol. The lowest BCUT2D eigenvalue weighted by Crippen LogP contribution is -2.13. The van der Waals surface area contributed by atoms with Gasteiger partial charge in [-0.05, 0) is 25.7 Å². The quantitative estimate of drug-likeness (QED) is 0.895. The van der Waals surface area contributed by atoms with E-state index in [4.69, 9.17) is 0 Å². The van der Waals surface area contributed by atoms with Gasteiger partial charge in [-0.25, -0.2) is 9.97 Å². The van der Waals surface area contributed by atoms with Crippen LogP contribution in [0, 0.1) is 0 Å². The molecule has 0 amide bonds. The first-order valence-corrected chi connectivity index (χ1v) is 7.95. The van der Waals surface area contributed by atoms with Gasteiger partial charge in [0.05, 0.1) is 18.2 Å². The molecule has 0 atom stereocenters. The number of rotatable bonds is 3. The summed E-state index contributed by atoms with van der Waals surface area (Å²) in [5, 5.41) is 0.493. The zero-order chi connectivity index (χ0) is 12.6. The SMILES string of the molecule is O=S(=O)(Nc1nc2c(s1)CCCC2)c1cnc[nH]1. The molecular formula is C10H12N4O2S2. The van der Waals surface area contributed by atoms with Crippen molar-refractivity contribution in [2.45, 2.75) is 30.7 Å². The van der Waals surface area contributed by atoms with Crippen molar-refractivity contribution < 1.29 is 8.42 Å². The highest BCUT2D eigenvalue weighted by Crippen LogP contribution is 2.30. The van der Waals surface area contributed by atoms with E-state index in [-0.39, 0.29) is 5.03 Å². The van der Waals surface area contributed by atoms with Gasteiger partial charge in [-0.3, -0.25) is 4.72 Å². The number of nitrogens with one attached hydrogen (secondary N) is 2. The number of nitrogens with zero attached hydrogens (tertiary/aromatic N) is 2. The van der Waals surface area contributed by atoms with E-state index < -0.39 is 10.0 Å². The van der Waals surface area contributed by atoms with Crippen LogP contribution in [0.4, 0.5) is 5.13 Å². The zero-order valence-electron chi connectivity index (χ0n) is 9.51. The minimum atomic E-state index is -3.59. The molecule has 96 valence electrons. The highest BCUT2D eigenvalue weighted by atomic mass is 32.2. The van der Waals surface area contributed by atoms with Crippen LogP contribution in [-0.4, -0.2) is 23.4 Å². The van der Waals surface area contributed by atoms with Crippen molar-refractivity contribution in [3.63, 3.8) is 0 Å². The number of hydrogen-bond donors (Lipinski definition) is 2. The van der Waals surface area contributed by atoms with Crippen LogP contribution < -0.4 is 4.72 Å². The summed E-state index contributed by atoms with van der Waals surface area (Å²) in [5.74, 6) is 0. The van der Waals surface area contributed by atoms with E-state index in [0.29, 0.717) is 5.13 Å². The van der Waals surface area contributed by atoms with Crippen molar-refractivity contribution in [2.24, 2.45) is 0 Å². The van der Waals surface area contributed by atoms with Gasteiger partial charge in [-0.1, -0.05) is 0 Å². The molecule has 2 aromatic heterocycles. The summed E-state index contributed by atoms with van der Waals surface area (Å²) in [6.45, 7) is 0. The van der Waals surface area contributed by atoms with Crippen molar-refractivity contribution in [2.75, 3.05) is 4.72 Å². The fourth-order valence-electron chi connectivity index (χ4n) is 1.96. The molecule has 0 unspecified atom stereocenters. The summed E-state index contributed by atoms with van der Waals surface area (Å²) in [6.07, 6.45) is 6.83. The first kappa shape index (κ1) is 11.7. The molecule has 0 bridgehead atoms. The van der Waals surface area contributed by atoms with Crippen LogP contribution >= 0.6 is 11.3 Å². The Labute approximate surface area is 109 Å². The first-order valence-electron chi connectivity index (χ1n) is 5.65. The molecule has 8 heteroatoms. The molecule has 3 rings (SSSR count). The van der Waals surface area contributed by atoms with Crippen molar-refractivity contribution in [3.8, 4) is 0 Å². The number of aromatic amines is 1. The molecule has 0 saturated heterocycles. The van der Waals surface area contributed by atoms with Crippen LogP contribution in [0.25, 0.3) is 0 Å². The number of sulfonamides is 1. The van der Waals surface area contributed by atoms with Gasteiger partial charge in [-0.2, -0.15) is 8.42 Å². The van der Waals surface area contributed by atoms with Gasteiger partial charge in [0.15, 0.2) is 10.2 Å². The number of fused-ring (bicyclic) bond motifs is 1. The number of aryl methyl sites for hydroxylation is 2. The van der Waals surface area contributed by atoms with Crippen molar-refractivity contribution in [3.05, 3.63) is 23.1 Å². The van der Waals surface area contributed by atoms with Gasteiger partial charge in [0.2, 0.25) is 0 Å². The Morgan fingerprint density at radius 3 is 2.89 bits per heavy atom. The standard InChI is InChI=1S/C10H12N4O2S2/c15-18(16,9-5-11-6-12-9)14-10-13-7-3-1-2-4-8(7)17-10/h5-6H,1-4H2,(H,11,12)(H,13,14). The third-order valence-electron chi connectivity index (χ3n) is 2.83. The Morgan fingerprint density at radius 2 is 2.17 bits per heavy atom. The fourth-order valence-corrected chi connectivity index (χ4v) is 4.15. The third kappa shape index (κ3) is 2.13. The predicted molar refractivity (Wildman–Crippen MR) is 68.2 cm³/mol. The molecule has 18 heavy (non-hydrogen) atoms. The zero-order valence-corrected chi connectivity index (χ0v) is 11.1. The number of H-pyrrole nitrogens is 1. The minimum absolute atomic E-state index is 0.0515. The predicted octanol–water partition coefficient (Wildman–Crippen LogP) is 1.55. The minimum Gasteiger partial charge on any atom is -0.334 e. The third-order valence-corrected chi connectivity index (χ3v) is 5.30. The fraction of sp³-hybridized carbons (Fsp3) is 0.400. The molecule has 1 aliphatic rings. The molecule has 2 aromatic rings. The Morgan fingerprint density at radius 1 is 1.33 bits per heavy atom. The van der Waals surface area contributed by atoms with E-state index in [1.54, 1.807) is 0 Å². The maximum Gasteiger partial charge on any atom is 0.280 e. The van der Waals surface area contributed by atoms with E-state index in [1.165, 1.54) is 28.7 Å². The lowest BCUT2D eigenvalue weighted by molar-refractivity contribution is 0.598. The molecule has 0 aromatic carbocycles. The number of anilines is 1. The summed E-state index contributed by atoms with van der Waals surface area (Å²) < 4.78 is 26.4. The van der Waals surface area contributed by atoms with Gasteiger partial charge in [-0.15, -0.1) is 11.3 Å². The summed E-state index contributed by atoms with van der Waals surface area (Å²) in [4.78, 5) is 11.8. The largest absolute Gasteiger partial charge is 0.334 e. The summed E-state index contributed by atoms with van der Waals surface area (Å²) in [5.41, 5.74) is 1.04. The Hall–Kier alpha value is -1.41. The normalized spacial score (nSPS) is 15.3. The van der Waals surface area contributed by atoms with Gasteiger partial charge >= 0.3 is 0 Å². The second kappa shape index (κ2) is 4.36. The highest BCUT2D eigenvalue weighted by molar-refractivity contribution is 7.92. The number of aromatic nitrogens is 3.